The molecule has 0 bridgehead atoms. The number of halogens is 1. The van der Waals surface area contributed by atoms with Crippen molar-refractivity contribution in [3.8, 4) is 5.75 Å². The first kappa shape index (κ1) is 21.0. The van der Waals surface area contributed by atoms with Crippen LogP contribution in [0.2, 0.25) is 5.02 Å². The van der Waals surface area contributed by atoms with Crippen molar-refractivity contribution in [2.75, 3.05) is 58.5 Å². The number of carbonyl (C=O) groups is 1. The highest BCUT2D eigenvalue weighted by molar-refractivity contribution is 6.31. The van der Waals surface area contributed by atoms with Crippen LogP contribution >= 0.6 is 11.6 Å². The Morgan fingerprint density at radius 2 is 2.00 bits per heavy atom. The van der Waals surface area contributed by atoms with Crippen LogP contribution in [0, 0.1) is 0 Å². The van der Waals surface area contributed by atoms with Gasteiger partial charge in [-0.2, -0.15) is 0 Å². The third kappa shape index (κ3) is 4.41. The van der Waals surface area contributed by atoms with Gasteiger partial charge >= 0.3 is 0 Å². The minimum Gasteiger partial charge on any atom is -0.496 e. The van der Waals surface area contributed by atoms with Crippen LogP contribution in [0.15, 0.2) is 36.4 Å². The van der Waals surface area contributed by atoms with E-state index in [1.54, 1.807) is 25.3 Å². The molecule has 160 valence electrons. The number of amides is 1. The number of nitrogens with one attached hydrogen (secondary N) is 1. The average molecular weight is 430 g/mol. The summed E-state index contributed by atoms with van der Waals surface area (Å²) in [5.41, 5.74) is 4.34. The molecule has 0 saturated carbocycles. The molecule has 1 atom stereocenters. The van der Waals surface area contributed by atoms with Crippen molar-refractivity contribution in [3.05, 3.63) is 58.1 Å². The molecule has 0 aliphatic carbocycles. The van der Waals surface area contributed by atoms with E-state index in [9.17, 15) is 4.79 Å². The van der Waals surface area contributed by atoms with Gasteiger partial charge in [-0.25, -0.2) is 0 Å². The van der Waals surface area contributed by atoms with Gasteiger partial charge in [-0.3, -0.25) is 9.69 Å². The van der Waals surface area contributed by atoms with Gasteiger partial charge < -0.3 is 19.7 Å². The molecule has 0 spiro atoms. The number of nitrogens with zero attached hydrogens (tertiary/aromatic N) is 2. The van der Waals surface area contributed by atoms with Crippen LogP contribution in [0.3, 0.4) is 0 Å². The second-order valence-corrected chi connectivity index (χ2v) is 8.21. The van der Waals surface area contributed by atoms with Crippen molar-refractivity contribution in [2.45, 2.75) is 12.5 Å². The van der Waals surface area contributed by atoms with E-state index in [1.165, 1.54) is 16.8 Å². The van der Waals surface area contributed by atoms with Gasteiger partial charge in [0.25, 0.3) is 5.91 Å². The summed E-state index contributed by atoms with van der Waals surface area (Å²) in [4.78, 5) is 17.6. The summed E-state index contributed by atoms with van der Waals surface area (Å²) in [6.07, 6.45) is 1.06. The number of ether oxygens (including phenoxy) is 2. The Hall–Kier alpha value is -2.28. The molecule has 2 aliphatic rings. The van der Waals surface area contributed by atoms with Gasteiger partial charge in [0.2, 0.25) is 0 Å². The van der Waals surface area contributed by atoms with Crippen LogP contribution in [0.4, 0.5) is 5.69 Å². The first-order chi connectivity index (χ1) is 14.6. The number of benzene rings is 2. The monoisotopic (exact) mass is 429 g/mol. The van der Waals surface area contributed by atoms with Crippen LogP contribution in [0.1, 0.15) is 27.5 Å². The van der Waals surface area contributed by atoms with Crippen molar-refractivity contribution in [1.29, 1.82) is 0 Å². The van der Waals surface area contributed by atoms with Gasteiger partial charge in [0.05, 0.1) is 31.9 Å². The van der Waals surface area contributed by atoms with Crippen LogP contribution in [0.25, 0.3) is 0 Å². The summed E-state index contributed by atoms with van der Waals surface area (Å²) in [6, 6.07) is 11.8. The van der Waals surface area contributed by atoms with Gasteiger partial charge in [-0.05, 0) is 41.8 Å². The number of morpholine rings is 1. The summed E-state index contributed by atoms with van der Waals surface area (Å²) >= 11 is 6.10. The molecule has 2 aromatic carbocycles. The normalized spacial score (nSPS) is 17.5. The Morgan fingerprint density at radius 1 is 1.20 bits per heavy atom. The number of anilines is 1. The molecule has 1 fully saturated rings. The van der Waals surface area contributed by atoms with Crippen molar-refractivity contribution < 1.29 is 14.3 Å². The van der Waals surface area contributed by atoms with E-state index >= 15 is 0 Å². The predicted molar refractivity (Wildman–Crippen MR) is 119 cm³/mol. The molecule has 2 heterocycles. The van der Waals surface area contributed by atoms with Crippen molar-refractivity contribution >= 4 is 23.2 Å². The van der Waals surface area contributed by atoms with Gasteiger partial charge in [-0.15, -0.1) is 0 Å². The Balaban J connectivity index is 1.55. The molecule has 1 amide bonds. The molecular formula is C23H28ClN3O3. The maximum atomic E-state index is 12.9. The second kappa shape index (κ2) is 9.25. The molecule has 0 aromatic heterocycles. The second-order valence-electron chi connectivity index (χ2n) is 7.78. The fourth-order valence-electron chi connectivity index (χ4n) is 4.28. The average Bonchev–Trinajstić information content (AvgIpc) is 3.14. The third-order valence-corrected chi connectivity index (χ3v) is 6.20. The lowest BCUT2D eigenvalue weighted by Gasteiger charge is -2.35. The number of fused-ring (bicyclic) bond motifs is 1. The topological polar surface area (TPSA) is 54.0 Å². The first-order valence-corrected chi connectivity index (χ1v) is 10.7. The van der Waals surface area contributed by atoms with Crippen LogP contribution < -0.4 is 15.0 Å². The minimum absolute atomic E-state index is 0.0826. The van der Waals surface area contributed by atoms with Gasteiger partial charge in [0.15, 0.2) is 0 Å². The van der Waals surface area contributed by atoms with E-state index in [0.717, 1.165) is 26.1 Å². The van der Waals surface area contributed by atoms with Gasteiger partial charge in [0, 0.05) is 43.9 Å². The van der Waals surface area contributed by atoms with Crippen molar-refractivity contribution in [3.63, 3.8) is 0 Å². The Morgan fingerprint density at radius 3 is 2.77 bits per heavy atom. The zero-order valence-electron chi connectivity index (χ0n) is 17.5. The number of methoxy groups -OCH3 is 1. The Kier molecular flexibility index (Phi) is 6.46. The lowest BCUT2D eigenvalue weighted by molar-refractivity contribution is 0.0162. The van der Waals surface area contributed by atoms with E-state index < -0.39 is 0 Å². The summed E-state index contributed by atoms with van der Waals surface area (Å²) < 4.78 is 10.9. The smallest absolute Gasteiger partial charge is 0.255 e. The maximum absolute atomic E-state index is 12.9. The van der Waals surface area contributed by atoms with Gasteiger partial charge in [-0.1, -0.05) is 23.7 Å². The Bertz CT molecular complexity index is 915. The molecular weight excluding hydrogens is 402 g/mol. The Labute approximate surface area is 182 Å². The van der Waals surface area contributed by atoms with Crippen LogP contribution in [-0.4, -0.2) is 64.4 Å². The number of hydrogen-bond acceptors (Lipinski definition) is 5. The summed E-state index contributed by atoms with van der Waals surface area (Å²) in [7, 11) is 3.68. The highest BCUT2D eigenvalue weighted by Crippen LogP contribution is 2.31. The molecule has 4 rings (SSSR count). The highest BCUT2D eigenvalue weighted by atomic mass is 35.5. The third-order valence-electron chi connectivity index (χ3n) is 5.96. The van der Waals surface area contributed by atoms with E-state index in [2.05, 4.69) is 40.4 Å². The van der Waals surface area contributed by atoms with Crippen LogP contribution in [-0.2, 0) is 11.2 Å². The summed E-state index contributed by atoms with van der Waals surface area (Å²) in [5, 5.41) is 3.61. The molecule has 1 N–H and O–H groups in total. The predicted octanol–water partition coefficient (Wildman–Crippen LogP) is 3.14. The number of rotatable bonds is 6. The minimum atomic E-state index is -0.187. The van der Waals surface area contributed by atoms with Gasteiger partial charge in [0.1, 0.15) is 5.75 Å². The van der Waals surface area contributed by atoms with E-state index in [0.29, 0.717) is 36.1 Å². The van der Waals surface area contributed by atoms with E-state index in [4.69, 9.17) is 21.1 Å². The molecule has 2 aliphatic heterocycles. The highest BCUT2D eigenvalue weighted by Gasteiger charge is 2.26. The molecule has 1 saturated heterocycles. The van der Waals surface area contributed by atoms with E-state index in [1.807, 2.05) is 0 Å². The zero-order valence-corrected chi connectivity index (χ0v) is 18.2. The van der Waals surface area contributed by atoms with E-state index in [-0.39, 0.29) is 11.9 Å². The fourth-order valence-corrected chi connectivity index (χ4v) is 4.46. The molecule has 7 heteroatoms. The lowest BCUT2D eigenvalue weighted by atomic mass is 10.00. The van der Waals surface area contributed by atoms with Crippen LogP contribution in [0.5, 0.6) is 5.75 Å². The standard InChI is InChI=1S/C23H28ClN3O3/c1-26-8-7-17-13-16(3-5-20(17)26)21(27-9-11-30-12-10-27)15-25-23(28)19-14-18(24)4-6-22(19)29-2/h3-6,13-14,21H,7-12,15H2,1-2H3,(H,25,28)/t21-/m1/s1. The lowest BCUT2D eigenvalue weighted by Crippen LogP contribution is -2.43. The van der Waals surface area contributed by atoms with Crippen molar-refractivity contribution in [2.24, 2.45) is 0 Å². The number of carbonyl (C=O) groups excluding carboxylic acids is 1. The molecule has 0 radical (unpaired) electrons. The van der Waals surface area contributed by atoms with Crippen molar-refractivity contribution in [1.82, 2.24) is 10.2 Å². The first-order valence-electron chi connectivity index (χ1n) is 10.3. The number of likely N-dealkylation sites (N-methyl/N-ethyl adjacent to an activating group) is 1. The largest absolute Gasteiger partial charge is 0.496 e. The summed E-state index contributed by atoms with van der Waals surface area (Å²) in [6.45, 7) is 4.66. The zero-order chi connectivity index (χ0) is 21.1. The molecule has 30 heavy (non-hydrogen) atoms. The molecule has 6 nitrogen and oxygen atoms in total. The molecule has 0 unspecified atom stereocenters. The SMILES string of the molecule is COc1ccc(Cl)cc1C(=O)NC[C@H](c1ccc2c(c1)CCN2C)N1CCOCC1. The molecule has 2 aromatic rings. The summed E-state index contributed by atoms with van der Waals surface area (Å²) in [5.74, 6) is 0.328. The quantitative estimate of drug-likeness (QED) is 0.764. The maximum Gasteiger partial charge on any atom is 0.255 e. The fraction of sp³-hybridized carbons (Fsp3) is 0.435. The number of hydrogen-bond donors (Lipinski definition) is 1.